The zero-order chi connectivity index (χ0) is 25.2. The molecule has 1 atom stereocenters. The molecule has 1 aromatic carbocycles. The fourth-order valence-corrected chi connectivity index (χ4v) is 4.79. The molecular weight excluding hydrogens is 453 g/mol. The normalized spacial score (nSPS) is 20.1. The topological polar surface area (TPSA) is 79.3 Å². The molecule has 34 heavy (non-hydrogen) atoms. The summed E-state index contributed by atoms with van der Waals surface area (Å²) < 4.78 is 42.5. The number of ether oxygens (including phenoxy) is 2. The molecule has 2 heterocycles. The second-order valence-corrected chi connectivity index (χ2v) is 8.91. The van der Waals surface area contributed by atoms with Crippen LogP contribution in [0.2, 0.25) is 0 Å². The van der Waals surface area contributed by atoms with Gasteiger partial charge in [-0.1, -0.05) is 30.3 Å². The van der Waals surface area contributed by atoms with E-state index < -0.39 is 12.1 Å². The number of piperidine rings is 1. The largest absolute Gasteiger partial charge is 0.490 e. The molecule has 1 N–H and O–H groups in total. The number of alkyl halides is 3. The number of aryl methyl sites for hydroxylation is 1. The van der Waals surface area contributed by atoms with Crippen molar-refractivity contribution in [2.75, 3.05) is 60.2 Å². The first-order chi connectivity index (χ1) is 16.1. The first kappa shape index (κ1) is 28.1. The highest BCUT2D eigenvalue weighted by Gasteiger charge is 2.48. The summed E-state index contributed by atoms with van der Waals surface area (Å²) in [4.78, 5) is 26.2. The van der Waals surface area contributed by atoms with Gasteiger partial charge >= 0.3 is 12.1 Å². The summed E-state index contributed by atoms with van der Waals surface area (Å²) in [6, 6.07) is 10.3. The van der Waals surface area contributed by atoms with Crippen molar-refractivity contribution in [2.24, 2.45) is 11.3 Å². The third-order valence-electron chi connectivity index (χ3n) is 6.69. The predicted molar refractivity (Wildman–Crippen MR) is 120 cm³/mol. The quantitative estimate of drug-likeness (QED) is 0.606. The Labute approximate surface area is 198 Å². The van der Waals surface area contributed by atoms with Gasteiger partial charge in [0.15, 0.2) is 0 Å². The van der Waals surface area contributed by atoms with Gasteiger partial charge in [-0.3, -0.25) is 4.79 Å². The smallest absolute Gasteiger partial charge is 0.475 e. The van der Waals surface area contributed by atoms with E-state index in [4.69, 9.17) is 19.4 Å². The number of rotatable bonds is 8. The van der Waals surface area contributed by atoms with Crippen molar-refractivity contribution in [3.63, 3.8) is 0 Å². The van der Waals surface area contributed by atoms with Gasteiger partial charge in [0.2, 0.25) is 5.91 Å². The van der Waals surface area contributed by atoms with Crippen molar-refractivity contribution in [3.05, 3.63) is 35.9 Å². The Hall–Kier alpha value is -2.17. The molecule has 0 saturated carbocycles. The number of hydrogen-bond acceptors (Lipinski definition) is 5. The molecule has 1 aromatic rings. The number of carbonyl (C=O) groups is 2. The lowest BCUT2D eigenvalue weighted by molar-refractivity contribution is -0.192. The Bertz CT molecular complexity index is 768. The Kier molecular flexibility index (Phi) is 10.8. The van der Waals surface area contributed by atoms with Gasteiger partial charge in [-0.2, -0.15) is 13.2 Å². The number of carboxylic acid groups (broad SMARTS) is 1. The highest BCUT2D eigenvalue weighted by molar-refractivity contribution is 5.76. The summed E-state index contributed by atoms with van der Waals surface area (Å²) in [5.41, 5.74) is 1.53. The maximum Gasteiger partial charge on any atom is 0.490 e. The van der Waals surface area contributed by atoms with Gasteiger partial charge in [0.1, 0.15) is 0 Å². The molecule has 2 aliphatic rings. The van der Waals surface area contributed by atoms with Gasteiger partial charge < -0.3 is 24.4 Å². The number of nitrogens with zero attached hydrogens (tertiary/aromatic N) is 2. The predicted octanol–water partition coefficient (Wildman–Crippen LogP) is 3.09. The number of carbonyl (C=O) groups excluding carboxylic acids is 1. The van der Waals surface area contributed by atoms with E-state index in [0.29, 0.717) is 23.7 Å². The van der Waals surface area contributed by atoms with Crippen LogP contribution in [0.4, 0.5) is 13.2 Å². The Morgan fingerprint density at radius 1 is 1.12 bits per heavy atom. The average molecular weight is 489 g/mol. The summed E-state index contributed by atoms with van der Waals surface area (Å²) in [7, 11) is 3.56. The third-order valence-corrected chi connectivity index (χ3v) is 6.69. The molecule has 1 spiro atoms. The summed E-state index contributed by atoms with van der Waals surface area (Å²) >= 11 is 0. The van der Waals surface area contributed by atoms with Crippen molar-refractivity contribution in [3.8, 4) is 0 Å². The Balaban J connectivity index is 0.000000509. The van der Waals surface area contributed by atoms with Crippen LogP contribution in [-0.2, 0) is 25.5 Å². The number of methoxy groups -OCH3 is 2. The number of benzene rings is 1. The van der Waals surface area contributed by atoms with Crippen LogP contribution in [0.5, 0.6) is 0 Å². The SMILES string of the molecule is COCCN1CC(COC)C2(CCN(C(=O)CCc3ccccc3)CC2)C1.O=C(O)C(F)(F)F. The average Bonchev–Trinajstić information content (AvgIpc) is 3.13. The van der Waals surface area contributed by atoms with Crippen LogP contribution in [0.1, 0.15) is 24.8 Å². The van der Waals surface area contributed by atoms with Crippen molar-refractivity contribution in [1.29, 1.82) is 0 Å². The van der Waals surface area contributed by atoms with E-state index in [9.17, 15) is 18.0 Å². The molecule has 1 unspecified atom stereocenters. The van der Waals surface area contributed by atoms with Gasteiger partial charge in [0.25, 0.3) is 0 Å². The third kappa shape index (κ3) is 8.25. The molecule has 3 rings (SSSR count). The summed E-state index contributed by atoms with van der Waals surface area (Å²) in [5, 5.41) is 7.12. The Morgan fingerprint density at radius 2 is 1.74 bits per heavy atom. The summed E-state index contributed by atoms with van der Waals surface area (Å²) in [6.45, 7) is 6.52. The van der Waals surface area contributed by atoms with E-state index in [0.717, 1.165) is 65.2 Å². The van der Waals surface area contributed by atoms with E-state index in [1.165, 1.54) is 5.56 Å². The van der Waals surface area contributed by atoms with E-state index in [1.54, 1.807) is 14.2 Å². The number of amides is 1. The molecule has 0 radical (unpaired) electrons. The van der Waals surface area contributed by atoms with Crippen LogP contribution in [0.15, 0.2) is 30.3 Å². The van der Waals surface area contributed by atoms with Crippen LogP contribution < -0.4 is 0 Å². The lowest BCUT2D eigenvalue weighted by Gasteiger charge is -2.42. The molecule has 0 aromatic heterocycles. The molecule has 192 valence electrons. The van der Waals surface area contributed by atoms with E-state index in [1.807, 2.05) is 18.2 Å². The number of halogens is 3. The van der Waals surface area contributed by atoms with Crippen LogP contribution in [0.3, 0.4) is 0 Å². The number of aliphatic carboxylic acids is 1. The summed E-state index contributed by atoms with van der Waals surface area (Å²) in [6.07, 6.45) is -1.47. The first-order valence-corrected chi connectivity index (χ1v) is 11.4. The highest BCUT2D eigenvalue weighted by atomic mass is 19.4. The van der Waals surface area contributed by atoms with Crippen molar-refractivity contribution in [1.82, 2.24) is 9.80 Å². The minimum Gasteiger partial charge on any atom is -0.475 e. The number of hydrogen-bond donors (Lipinski definition) is 1. The lowest BCUT2D eigenvalue weighted by atomic mass is 9.71. The van der Waals surface area contributed by atoms with Crippen LogP contribution in [0.25, 0.3) is 0 Å². The van der Waals surface area contributed by atoms with Gasteiger partial charge in [0, 0.05) is 59.3 Å². The molecule has 2 saturated heterocycles. The monoisotopic (exact) mass is 488 g/mol. The van der Waals surface area contributed by atoms with Gasteiger partial charge in [-0.15, -0.1) is 0 Å². The van der Waals surface area contributed by atoms with Crippen LogP contribution in [-0.4, -0.2) is 93.1 Å². The van der Waals surface area contributed by atoms with E-state index >= 15 is 0 Å². The van der Waals surface area contributed by atoms with Gasteiger partial charge in [-0.25, -0.2) is 4.79 Å². The molecule has 0 bridgehead atoms. The zero-order valence-corrected chi connectivity index (χ0v) is 19.9. The number of carboxylic acids is 1. The maximum atomic E-state index is 12.7. The van der Waals surface area contributed by atoms with E-state index in [-0.39, 0.29) is 0 Å². The second kappa shape index (κ2) is 13.1. The molecule has 1 amide bonds. The molecule has 7 nitrogen and oxygen atoms in total. The van der Waals surface area contributed by atoms with Crippen molar-refractivity contribution >= 4 is 11.9 Å². The van der Waals surface area contributed by atoms with Gasteiger partial charge in [-0.05, 0) is 30.2 Å². The van der Waals surface area contributed by atoms with Crippen LogP contribution in [0, 0.1) is 11.3 Å². The minimum atomic E-state index is -5.08. The lowest BCUT2D eigenvalue weighted by Crippen LogP contribution is -2.47. The fraction of sp³-hybridized carbons (Fsp3) is 0.667. The fourth-order valence-electron chi connectivity index (χ4n) is 4.79. The molecule has 2 fully saturated rings. The first-order valence-electron chi connectivity index (χ1n) is 11.4. The highest BCUT2D eigenvalue weighted by Crippen LogP contribution is 2.44. The molecule has 2 aliphatic heterocycles. The second-order valence-electron chi connectivity index (χ2n) is 8.91. The molecule has 0 aliphatic carbocycles. The maximum absolute atomic E-state index is 12.7. The summed E-state index contributed by atoms with van der Waals surface area (Å²) in [5.74, 6) is -1.90. The molecule has 10 heteroatoms. The minimum absolute atomic E-state index is 0.292. The number of likely N-dealkylation sites (tertiary alicyclic amines) is 2. The van der Waals surface area contributed by atoms with Crippen LogP contribution >= 0.6 is 0 Å². The standard InChI is InChI=1S/C22H34N2O3.C2HF3O2/c1-26-15-14-23-16-20(17-27-2)22(18-23)10-12-24(13-11-22)21(25)9-8-19-6-4-3-5-7-19;3-2(4,5)1(6)7/h3-7,20H,8-18H2,1-2H3;(H,6,7). The molecular formula is C24H35F3N2O5. The van der Waals surface area contributed by atoms with E-state index in [2.05, 4.69) is 21.9 Å². The van der Waals surface area contributed by atoms with Crippen molar-refractivity contribution in [2.45, 2.75) is 31.9 Å². The Morgan fingerprint density at radius 3 is 2.26 bits per heavy atom. The van der Waals surface area contributed by atoms with Gasteiger partial charge in [0.05, 0.1) is 13.2 Å². The van der Waals surface area contributed by atoms with Crippen molar-refractivity contribution < 1.29 is 37.3 Å². The zero-order valence-electron chi connectivity index (χ0n) is 19.9.